The maximum Gasteiger partial charge on any atom is 0.354 e. The van der Waals surface area contributed by atoms with Crippen molar-refractivity contribution in [3.05, 3.63) is 69.8 Å². The van der Waals surface area contributed by atoms with Gasteiger partial charge in [-0.25, -0.2) is 4.79 Å². The molecule has 30 heavy (non-hydrogen) atoms. The lowest BCUT2D eigenvalue weighted by atomic mass is 9.96. The fraction of sp³-hybridized carbons (Fsp3) is 0.286. The van der Waals surface area contributed by atoms with E-state index in [2.05, 4.69) is 0 Å². The van der Waals surface area contributed by atoms with E-state index in [9.17, 15) is 24.5 Å². The van der Waals surface area contributed by atoms with Crippen LogP contribution in [0.2, 0.25) is 0 Å². The molecule has 0 spiro atoms. The number of rotatable bonds is 5. The van der Waals surface area contributed by atoms with Crippen molar-refractivity contribution in [2.75, 3.05) is 11.4 Å². The van der Waals surface area contributed by atoms with Crippen LogP contribution in [0.1, 0.15) is 35.7 Å². The number of anilines is 1. The van der Waals surface area contributed by atoms with Crippen LogP contribution in [0.15, 0.2) is 48.5 Å². The zero-order valence-electron chi connectivity index (χ0n) is 16.2. The summed E-state index contributed by atoms with van der Waals surface area (Å²) in [7, 11) is 0. The number of fused-ring (bicyclic) bond motifs is 3. The Kier molecular flexibility index (Phi) is 4.73. The molecule has 9 heteroatoms. The first-order valence-corrected chi connectivity index (χ1v) is 9.55. The molecule has 0 bridgehead atoms. The maximum atomic E-state index is 13.3. The molecule has 2 amide bonds. The number of carbonyl (C=O) groups is 3. The molecule has 9 nitrogen and oxygen atoms in total. The molecule has 0 unspecified atom stereocenters. The lowest BCUT2D eigenvalue weighted by molar-refractivity contribution is -0.385. The monoisotopic (exact) mass is 409 g/mol. The number of hydrogen-bond donors (Lipinski definition) is 0. The van der Waals surface area contributed by atoms with Gasteiger partial charge in [0.05, 0.1) is 21.7 Å². The molecule has 0 radical (unpaired) electrons. The van der Waals surface area contributed by atoms with Crippen molar-refractivity contribution < 1.29 is 24.0 Å². The number of nitrogens with zero attached hydrogens (tertiary/aromatic N) is 3. The van der Waals surface area contributed by atoms with E-state index in [0.717, 1.165) is 0 Å². The number of nitro groups is 1. The summed E-state index contributed by atoms with van der Waals surface area (Å²) in [5.74, 6) is -1.42. The van der Waals surface area contributed by atoms with Gasteiger partial charge in [-0.3, -0.25) is 24.6 Å². The zero-order chi connectivity index (χ0) is 21.5. The lowest BCUT2D eigenvalue weighted by Crippen LogP contribution is -2.68. The highest BCUT2D eigenvalue weighted by molar-refractivity contribution is 6.15. The van der Waals surface area contributed by atoms with Gasteiger partial charge in [0.15, 0.2) is 0 Å². The first-order valence-electron chi connectivity index (χ1n) is 9.55. The average molecular weight is 409 g/mol. The second-order valence-corrected chi connectivity index (χ2v) is 7.07. The number of amides is 2. The molecule has 2 aliphatic heterocycles. The largest absolute Gasteiger partial charge is 0.457 e. The summed E-state index contributed by atoms with van der Waals surface area (Å²) in [5, 5.41) is 11.2. The van der Waals surface area contributed by atoms with Crippen LogP contribution in [0, 0.1) is 10.1 Å². The second-order valence-electron chi connectivity index (χ2n) is 7.07. The molecule has 0 aliphatic carbocycles. The predicted octanol–water partition coefficient (Wildman–Crippen LogP) is 2.64. The molecular formula is C21H19N3O6. The Morgan fingerprint density at radius 1 is 1.17 bits per heavy atom. The van der Waals surface area contributed by atoms with Crippen LogP contribution in [0.25, 0.3) is 0 Å². The Hall–Kier alpha value is -3.75. The van der Waals surface area contributed by atoms with E-state index < -0.39 is 16.6 Å². The maximum absolute atomic E-state index is 13.3. The zero-order valence-corrected chi connectivity index (χ0v) is 16.2. The summed E-state index contributed by atoms with van der Waals surface area (Å²) >= 11 is 0. The Labute approximate surface area is 172 Å². The number of carbonyl (C=O) groups excluding carboxylic acids is 3. The Balaban J connectivity index is 1.73. The number of ether oxygens (including phenoxy) is 1. The normalized spacial score (nSPS) is 20.0. The lowest BCUT2D eigenvalue weighted by Gasteiger charge is -2.48. The standard InChI is InChI=1S/C21H19N3O6/c1-2-22-19(26)15-8-4-6-10-17(15)23-18(25)11-12-21(22,23)20(27)30-13-14-7-3-5-9-16(14)24(28)29/h3-10H,2,11-13H2,1H3/t21-/m0/s1. The van der Waals surface area contributed by atoms with Crippen LogP contribution < -0.4 is 4.90 Å². The highest BCUT2D eigenvalue weighted by atomic mass is 16.6. The molecule has 2 aromatic carbocycles. The van der Waals surface area contributed by atoms with E-state index in [4.69, 9.17) is 4.74 Å². The Morgan fingerprint density at radius 2 is 1.87 bits per heavy atom. The number of esters is 1. The molecule has 0 N–H and O–H groups in total. The van der Waals surface area contributed by atoms with Crippen molar-refractivity contribution in [2.45, 2.75) is 32.0 Å². The summed E-state index contributed by atoms with van der Waals surface area (Å²) in [4.78, 5) is 52.6. The van der Waals surface area contributed by atoms with Crippen LogP contribution in [0.4, 0.5) is 11.4 Å². The molecule has 4 rings (SSSR count). The molecule has 154 valence electrons. The van der Waals surface area contributed by atoms with Gasteiger partial charge in [-0.05, 0) is 25.1 Å². The Bertz CT molecular complexity index is 1070. The highest BCUT2D eigenvalue weighted by Crippen LogP contribution is 2.45. The summed E-state index contributed by atoms with van der Waals surface area (Å²) in [6.45, 7) is 1.58. The fourth-order valence-corrected chi connectivity index (χ4v) is 4.24. The third-order valence-electron chi connectivity index (χ3n) is 5.56. The molecule has 0 aromatic heterocycles. The third-order valence-corrected chi connectivity index (χ3v) is 5.56. The predicted molar refractivity (Wildman–Crippen MR) is 105 cm³/mol. The highest BCUT2D eigenvalue weighted by Gasteiger charge is 2.61. The van der Waals surface area contributed by atoms with Gasteiger partial charge >= 0.3 is 5.97 Å². The van der Waals surface area contributed by atoms with E-state index in [0.29, 0.717) is 11.3 Å². The summed E-state index contributed by atoms with van der Waals surface area (Å²) in [6.07, 6.45) is 0.175. The van der Waals surface area contributed by atoms with Crippen LogP contribution >= 0.6 is 0 Å². The summed E-state index contributed by atoms with van der Waals surface area (Å²) in [6, 6.07) is 12.6. The number of nitro benzene ring substituents is 1. The van der Waals surface area contributed by atoms with Crippen molar-refractivity contribution in [1.82, 2.24) is 4.90 Å². The van der Waals surface area contributed by atoms with Crippen LogP contribution in [0.5, 0.6) is 0 Å². The molecule has 0 saturated carbocycles. The topological polar surface area (TPSA) is 110 Å². The van der Waals surface area contributed by atoms with Gasteiger partial charge in [0, 0.05) is 25.5 Å². The van der Waals surface area contributed by atoms with Crippen LogP contribution in [-0.4, -0.2) is 39.8 Å². The van der Waals surface area contributed by atoms with E-state index in [1.54, 1.807) is 37.3 Å². The van der Waals surface area contributed by atoms with Gasteiger partial charge in [-0.1, -0.05) is 24.3 Å². The number of benzene rings is 2. The quantitative estimate of drug-likeness (QED) is 0.427. The molecule has 1 saturated heterocycles. The summed E-state index contributed by atoms with van der Waals surface area (Å²) < 4.78 is 5.48. The minimum Gasteiger partial charge on any atom is -0.457 e. The fourth-order valence-electron chi connectivity index (χ4n) is 4.24. The number of likely N-dealkylation sites (N-methyl/N-ethyl adjacent to an activating group) is 1. The van der Waals surface area contributed by atoms with E-state index in [1.165, 1.54) is 28.0 Å². The van der Waals surface area contributed by atoms with Crippen molar-refractivity contribution in [1.29, 1.82) is 0 Å². The van der Waals surface area contributed by atoms with Crippen LogP contribution in [0.3, 0.4) is 0 Å². The van der Waals surface area contributed by atoms with Gasteiger partial charge in [-0.15, -0.1) is 0 Å². The van der Waals surface area contributed by atoms with Crippen molar-refractivity contribution >= 4 is 29.2 Å². The van der Waals surface area contributed by atoms with Crippen molar-refractivity contribution in [3.8, 4) is 0 Å². The van der Waals surface area contributed by atoms with Gasteiger partial charge in [0.25, 0.3) is 11.6 Å². The van der Waals surface area contributed by atoms with Crippen molar-refractivity contribution in [2.24, 2.45) is 0 Å². The van der Waals surface area contributed by atoms with Gasteiger partial charge in [0.2, 0.25) is 11.6 Å². The average Bonchev–Trinajstić information content (AvgIpc) is 3.11. The van der Waals surface area contributed by atoms with Gasteiger partial charge in [-0.2, -0.15) is 0 Å². The summed E-state index contributed by atoms with van der Waals surface area (Å²) in [5.41, 5.74) is -0.816. The first kappa shape index (κ1) is 19.6. The van der Waals surface area contributed by atoms with Crippen molar-refractivity contribution in [3.63, 3.8) is 0 Å². The molecular weight excluding hydrogens is 390 g/mol. The minimum absolute atomic E-state index is 0.0820. The molecule has 1 fully saturated rings. The SMILES string of the molecule is CCN1C(=O)c2ccccc2N2C(=O)CC[C@]12C(=O)OCc1ccccc1[N+](=O)[O-]. The van der Waals surface area contributed by atoms with E-state index in [1.807, 2.05) is 0 Å². The van der Waals surface area contributed by atoms with E-state index in [-0.39, 0.29) is 49.1 Å². The third kappa shape index (κ3) is 2.73. The number of para-hydroxylation sites is 2. The molecule has 1 atom stereocenters. The number of hydrogen-bond acceptors (Lipinski definition) is 6. The van der Waals surface area contributed by atoms with Gasteiger partial charge < -0.3 is 9.64 Å². The smallest absolute Gasteiger partial charge is 0.354 e. The Morgan fingerprint density at radius 3 is 2.60 bits per heavy atom. The van der Waals surface area contributed by atoms with Gasteiger partial charge in [0.1, 0.15) is 6.61 Å². The molecule has 2 aromatic rings. The molecule has 2 aliphatic rings. The second kappa shape index (κ2) is 7.25. The van der Waals surface area contributed by atoms with Crippen LogP contribution in [-0.2, 0) is 20.9 Å². The first-order chi connectivity index (χ1) is 14.4. The minimum atomic E-state index is -1.60. The van der Waals surface area contributed by atoms with E-state index >= 15 is 0 Å². The molecule has 2 heterocycles.